The van der Waals surface area contributed by atoms with Gasteiger partial charge in [0.05, 0.1) is 23.3 Å². The quantitative estimate of drug-likeness (QED) is 0.781. The van der Waals surface area contributed by atoms with Gasteiger partial charge in [0, 0.05) is 6.54 Å². The molecule has 1 heterocycles. The summed E-state index contributed by atoms with van der Waals surface area (Å²) in [5.74, 6) is 0.454. The molecule has 0 spiro atoms. The molecule has 0 fully saturated rings. The number of imidazole rings is 1. The highest BCUT2D eigenvalue weighted by Crippen LogP contribution is 2.16. The van der Waals surface area contributed by atoms with Crippen molar-refractivity contribution in [2.75, 3.05) is 5.75 Å². The molecule has 3 N–H and O–H groups in total. The number of nitrogens with zero attached hydrogens (tertiary/aromatic N) is 2. The predicted octanol–water partition coefficient (Wildman–Crippen LogP) is 0.773. The van der Waals surface area contributed by atoms with Crippen LogP contribution >= 0.6 is 0 Å². The lowest BCUT2D eigenvalue weighted by atomic mass is 10.3. The lowest BCUT2D eigenvalue weighted by Gasteiger charge is -2.06. The van der Waals surface area contributed by atoms with E-state index in [2.05, 4.69) is 4.98 Å². The first kappa shape index (κ1) is 13.0. The lowest BCUT2D eigenvalue weighted by Crippen LogP contribution is -2.12. The number of para-hydroxylation sites is 2. The van der Waals surface area contributed by atoms with Crippen LogP contribution in [0.1, 0.15) is 12.2 Å². The maximum absolute atomic E-state index is 10.7. The van der Waals surface area contributed by atoms with E-state index in [0.717, 1.165) is 11.0 Å². The molecule has 18 heavy (non-hydrogen) atoms. The van der Waals surface area contributed by atoms with Crippen molar-refractivity contribution >= 4 is 21.2 Å². The van der Waals surface area contributed by atoms with E-state index in [0.29, 0.717) is 25.3 Å². The summed E-state index contributed by atoms with van der Waals surface area (Å²) < 4.78 is 32.0. The number of aromatic nitrogens is 2. The van der Waals surface area contributed by atoms with Gasteiger partial charge < -0.3 is 10.3 Å². The molecule has 2 rings (SSSR count). The number of nitrogens with two attached hydrogens (primary N) is 1. The summed E-state index contributed by atoms with van der Waals surface area (Å²) >= 11 is 0. The van der Waals surface area contributed by atoms with Gasteiger partial charge in [-0.1, -0.05) is 12.1 Å². The van der Waals surface area contributed by atoms with E-state index < -0.39 is 10.1 Å². The van der Waals surface area contributed by atoms with Gasteiger partial charge in [-0.05, 0) is 18.6 Å². The normalized spacial score (nSPS) is 12.1. The Hall–Kier alpha value is -1.44. The molecule has 0 unspecified atom stereocenters. The molecular formula is C11H15N3O3S. The van der Waals surface area contributed by atoms with E-state index in [4.69, 9.17) is 10.3 Å². The van der Waals surface area contributed by atoms with Crippen molar-refractivity contribution in [3.05, 3.63) is 30.1 Å². The third-order valence-electron chi connectivity index (χ3n) is 2.70. The average molecular weight is 269 g/mol. The number of fused-ring (bicyclic) bond motifs is 1. The fourth-order valence-electron chi connectivity index (χ4n) is 1.94. The third-order valence-corrected chi connectivity index (χ3v) is 3.50. The molecule has 98 valence electrons. The van der Waals surface area contributed by atoms with Crippen LogP contribution in [-0.4, -0.2) is 28.3 Å². The van der Waals surface area contributed by atoms with E-state index in [-0.39, 0.29) is 5.75 Å². The average Bonchev–Trinajstić information content (AvgIpc) is 2.66. The van der Waals surface area contributed by atoms with Crippen LogP contribution in [0, 0.1) is 0 Å². The monoisotopic (exact) mass is 269 g/mol. The van der Waals surface area contributed by atoms with E-state index >= 15 is 0 Å². The van der Waals surface area contributed by atoms with Crippen molar-refractivity contribution in [3.8, 4) is 0 Å². The van der Waals surface area contributed by atoms with Crippen molar-refractivity contribution in [1.82, 2.24) is 9.55 Å². The number of rotatable bonds is 5. The van der Waals surface area contributed by atoms with Crippen LogP contribution in [0.25, 0.3) is 11.0 Å². The van der Waals surface area contributed by atoms with Crippen LogP contribution in [-0.2, 0) is 23.2 Å². The van der Waals surface area contributed by atoms with Crippen molar-refractivity contribution < 1.29 is 13.0 Å². The fourth-order valence-corrected chi connectivity index (χ4v) is 2.43. The highest BCUT2D eigenvalue weighted by Gasteiger charge is 2.10. The second-order valence-corrected chi connectivity index (χ2v) is 5.58. The van der Waals surface area contributed by atoms with Gasteiger partial charge in [0.25, 0.3) is 10.1 Å². The van der Waals surface area contributed by atoms with Crippen LogP contribution in [0.5, 0.6) is 0 Å². The van der Waals surface area contributed by atoms with E-state index in [9.17, 15) is 8.42 Å². The maximum atomic E-state index is 10.7. The minimum Gasteiger partial charge on any atom is -0.327 e. The summed E-state index contributed by atoms with van der Waals surface area (Å²) in [6, 6.07) is 7.57. The van der Waals surface area contributed by atoms with Crippen molar-refractivity contribution in [1.29, 1.82) is 0 Å². The van der Waals surface area contributed by atoms with Crippen molar-refractivity contribution in [3.63, 3.8) is 0 Å². The zero-order valence-corrected chi connectivity index (χ0v) is 10.6. The van der Waals surface area contributed by atoms with Crippen LogP contribution < -0.4 is 5.73 Å². The molecule has 0 bridgehead atoms. The molecule has 0 aliphatic heterocycles. The Labute approximate surface area is 105 Å². The topological polar surface area (TPSA) is 98.2 Å². The summed E-state index contributed by atoms with van der Waals surface area (Å²) in [5, 5.41) is 0. The highest BCUT2D eigenvalue weighted by molar-refractivity contribution is 7.85. The van der Waals surface area contributed by atoms with Crippen LogP contribution in [0.2, 0.25) is 0 Å². The van der Waals surface area contributed by atoms with Crippen molar-refractivity contribution in [2.45, 2.75) is 19.5 Å². The molecular weight excluding hydrogens is 254 g/mol. The Morgan fingerprint density at radius 3 is 2.72 bits per heavy atom. The zero-order chi connectivity index (χ0) is 13.2. The predicted molar refractivity (Wildman–Crippen MR) is 68.7 cm³/mol. The molecule has 0 aliphatic rings. The summed E-state index contributed by atoms with van der Waals surface area (Å²) in [4.78, 5) is 4.37. The van der Waals surface area contributed by atoms with Gasteiger partial charge in [-0.25, -0.2) is 4.98 Å². The second kappa shape index (κ2) is 5.05. The summed E-state index contributed by atoms with van der Waals surface area (Å²) in [7, 11) is -3.92. The van der Waals surface area contributed by atoms with Gasteiger partial charge in [-0.2, -0.15) is 8.42 Å². The molecule has 0 radical (unpaired) electrons. The molecule has 0 amide bonds. The second-order valence-electron chi connectivity index (χ2n) is 4.01. The number of hydrogen-bond donors (Lipinski definition) is 2. The van der Waals surface area contributed by atoms with E-state index in [1.165, 1.54) is 0 Å². The molecule has 0 saturated carbocycles. The molecule has 2 aromatic rings. The highest BCUT2D eigenvalue weighted by atomic mass is 32.2. The maximum Gasteiger partial charge on any atom is 0.264 e. The first-order valence-electron chi connectivity index (χ1n) is 5.60. The third kappa shape index (κ3) is 2.87. The van der Waals surface area contributed by atoms with Gasteiger partial charge in [-0.3, -0.25) is 4.55 Å². The summed E-state index contributed by atoms with van der Waals surface area (Å²) in [5.41, 5.74) is 7.38. The molecule has 6 nitrogen and oxygen atoms in total. The molecule has 0 aliphatic carbocycles. The minimum atomic E-state index is -3.92. The molecule has 0 atom stereocenters. The summed E-state index contributed by atoms with van der Waals surface area (Å²) in [6.45, 7) is 0.757. The fraction of sp³-hybridized carbons (Fsp3) is 0.364. The minimum absolute atomic E-state index is 0.260. The first-order valence-corrected chi connectivity index (χ1v) is 7.21. The van der Waals surface area contributed by atoms with Gasteiger partial charge in [0.15, 0.2) is 0 Å². The molecule has 1 aromatic heterocycles. The van der Waals surface area contributed by atoms with Crippen LogP contribution in [0.4, 0.5) is 0 Å². The SMILES string of the molecule is NCc1nc2ccccc2n1CCCS(=O)(=O)O. The zero-order valence-electron chi connectivity index (χ0n) is 9.78. The van der Waals surface area contributed by atoms with Crippen molar-refractivity contribution in [2.24, 2.45) is 5.73 Å². The van der Waals surface area contributed by atoms with Crippen LogP contribution in [0.3, 0.4) is 0 Å². The molecule has 1 aromatic carbocycles. The molecule has 0 saturated heterocycles. The Balaban J connectivity index is 2.25. The standard InChI is InChI=1S/C11H15N3O3S/c12-8-11-13-9-4-1-2-5-10(9)14(11)6-3-7-18(15,16)17/h1-2,4-5H,3,6-8,12H2,(H,15,16,17). The van der Waals surface area contributed by atoms with Gasteiger partial charge in [-0.15, -0.1) is 0 Å². The van der Waals surface area contributed by atoms with Gasteiger partial charge in [0.2, 0.25) is 0 Å². The molecule has 7 heteroatoms. The number of benzene rings is 1. The number of hydrogen-bond acceptors (Lipinski definition) is 4. The largest absolute Gasteiger partial charge is 0.327 e. The number of aryl methyl sites for hydroxylation is 1. The Bertz CT molecular complexity index is 649. The lowest BCUT2D eigenvalue weighted by molar-refractivity contribution is 0.478. The van der Waals surface area contributed by atoms with Gasteiger partial charge in [0.1, 0.15) is 5.82 Å². The van der Waals surface area contributed by atoms with Crippen LogP contribution in [0.15, 0.2) is 24.3 Å². The Kier molecular flexibility index (Phi) is 3.65. The van der Waals surface area contributed by atoms with Gasteiger partial charge >= 0.3 is 0 Å². The Morgan fingerprint density at radius 1 is 1.33 bits per heavy atom. The summed E-state index contributed by atoms with van der Waals surface area (Å²) in [6.07, 6.45) is 0.326. The van der Waals surface area contributed by atoms with E-state index in [1.807, 2.05) is 28.8 Å². The van der Waals surface area contributed by atoms with E-state index in [1.54, 1.807) is 0 Å². The Morgan fingerprint density at radius 2 is 2.06 bits per heavy atom. The first-order chi connectivity index (χ1) is 8.51. The smallest absolute Gasteiger partial charge is 0.264 e.